The van der Waals surface area contributed by atoms with Gasteiger partial charge in [0.2, 0.25) is 0 Å². The second-order valence-electron chi connectivity index (χ2n) is 4.88. The third-order valence-corrected chi connectivity index (χ3v) is 4.54. The molecule has 2 nitrogen and oxygen atoms in total. The molecule has 4 rings (SSSR count). The van der Waals surface area contributed by atoms with Gasteiger partial charge in [-0.25, -0.2) is 0 Å². The third kappa shape index (κ3) is 0.695. The van der Waals surface area contributed by atoms with E-state index in [1.807, 2.05) is 0 Å². The van der Waals surface area contributed by atoms with E-state index in [1.54, 1.807) is 0 Å². The number of carbonyl (C=O) groups excluding carboxylic acids is 1. The molecular formula is C13H12O2. The highest BCUT2D eigenvalue weighted by molar-refractivity contribution is 5.80. The van der Waals surface area contributed by atoms with Crippen LogP contribution >= 0.6 is 0 Å². The Morgan fingerprint density at radius 2 is 1.80 bits per heavy atom. The molecule has 3 aliphatic rings. The van der Waals surface area contributed by atoms with Gasteiger partial charge in [-0.15, -0.1) is 0 Å². The van der Waals surface area contributed by atoms with Crippen LogP contribution in [0.5, 0.6) is 0 Å². The summed E-state index contributed by atoms with van der Waals surface area (Å²) < 4.78 is 4.88. The fraction of sp³-hybridized carbons (Fsp3) is 0.462. The molecule has 0 N–H and O–H groups in total. The largest absolute Gasteiger partial charge is 0.469 e. The summed E-state index contributed by atoms with van der Waals surface area (Å²) in [6.07, 6.45) is 0. The van der Waals surface area contributed by atoms with Gasteiger partial charge in [-0.3, -0.25) is 4.79 Å². The molecule has 3 aliphatic carbocycles. The highest BCUT2D eigenvalue weighted by Crippen LogP contribution is 2.81. The maximum Gasteiger partial charge on any atom is 0.309 e. The first-order valence-corrected chi connectivity index (χ1v) is 5.51. The van der Waals surface area contributed by atoms with E-state index in [0.717, 1.165) is 5.92 Å². The Morgan fingerprint density at radius 3 is 2.47 bits per heavy atom. The zero-order chi connectivity index (χ0) is 10.2. The van der Waals surface area contributed by atoms with Crippen molar-refractivity contribution in [2.75, 3.05) is 7.11 Å². The van der Waals surface area contributed by atoms with Crippen LogP contribution in [0.25, 0.3) is 0 Å². The van der Waals surface area contributed by atoms with Gasteiger partial charge in [-0.2, -0.15) is 0 Å². The number of ether oxygens (including phenoxy) is 1. The lowest BCUT2D eigenvalue weighted by Gasteiger charge is -2.35. The third-order valence-electron chi connectivity index (χ3n) is 4.54. The minimum atomic E-state index is -0.00162. The van der Waals surface area contributed by atoms with E-state index in [-0.39, 0.29) is 11.9 Å². The quantitative estimate of drug-likeness (QED) is 0.647. The molecule has 2 saturated carbocycles. The molecule has 2 heteroatoms. The topological polar surface area (TPSA) is 26.3 Å². The summed E-state index contributed by atoms with van der Waals surface area (Å²) in [4.78, 5) is 11.6. The highest BCUT2D eigenvalue weighted by Gasteiger charge is 2.76. The van der Waals surface area contributed by atoms with Crippen molar-refractivity contribution in [2.45, 2.75) is 11.8 Å². The molecule has 0 heterocycles. The Hall–Kier alpha value is -1.31. The van der Waals surface area contributed by atoms with Crippen molar-refractivity contribution in [1.29, 1.82) is 0 Å². The minimum Gasteiger partial charge on any atom is -0.469 e. The molecule has 2 fully saturated rings. The van der Waals surface area contributed by atoms with Gasteiger partial charge >= 0.3 is 5.97 Å². The van der Waals surface area contributed by atoms with Gasteiger partial charge in [0.25, 0.3) is 0 Å². The Morgan fingerprint density at radius 1 is 1.13 bits per heavy atom. The van der Waals surface area contributed by atoms with Crippen molar-refractivity contribution < 1.29 is 9.53 Å². The van der Waals surface area contributed by atoms with Gasteiger partial charge in [-0.1, -0.05) is 24.3 Å². The van der Waals surface area contributed by atoms with E-state index >= 15 is 0 Å². The lowest BCUT2D eigenvalue weighted by molar-refractivity contribution is -0.150. The van der Waals surface area contributed by atoms with Crippen LogP contribution in [0.3, 0.4) is 0 Å². The fourth-order valence-electron chi connectivity index (χ4n) is 3.99. The van der Waals surface area contributed by atoms with E-state index < -0.39 is 0 Å². The van der Waals surface area contributed by atoms with Gasteiger partial charge in [-0.05, 0) is 28.9 Å². The van der Waals surface area contributed by atoms with Crippen LogP contribution in [0, 0.1) is 17.8 Å². The lowest BCUT2D eigenvalue weighted by Crippen LogP contribution is -2.36. The van der Waals surface area contributed by atoms with Crippen molar-refractivity contribution in [3.05, 3.63) is 35.4 Å². The molecular weight excluding hydrogens is 188 g/mol. The molecule has 0 radical (unpaired) electrons. The summed E-state index contributed by atoms with van der Waals surface area (Å²) >= 11 is 0. The number of benzene rings is 1. The van der Waals surface area contributed by atoms with Crippen molar-refractivity contribution in [2.24, 2.45) is 17.8 Å². The molecule has 0 spiro atoms. The van der Waals surface area contributed by atoms with E-state index in [1.165, 1.54) is 18.2 Å². The van der Waals surface area contributed by atoms with Crippen molar-refractivity contribution >= 4 is 5.97 Å². The van der Waals surface area contributed by atoms with Crippen LogP contribution < -0.4 is 0 Å². The predicted molar refractivity (Wildman–Crippen MR) is 54.4 cm³/mol. The zero-order valence-electron chi connectivity index (χ0n) is 8.51. The average molecular weight is 200 g/mol. The van der Waals surface area contributed by atoms with E-state index in [9.17, 15) is 4.79 Å². The zero-order valence-corrected chi connectivity index (χ0v) is 8.51. The van der Waals surface area contributed by atoms with E-state index in [4.69, 9.17) is 4.74 Å². The molecule has 0 aromatic heterocycles. The minimum absolute atomic E-state index is 0.00162. The first kappa shape index (κ1) is 7.91. The number of fused-ring (bicyclic) bond motifs is 4. The van der Waals surface area contributed by atoms with Crippen LogP contribution in [0.1, 0.15) is 23.0 Å². The van der Waals surface area contributed by atoms with Crippen LogP contribution in [0.2, 0.25) is 0 Å². The van der Waals surface area contributed by atoms with Crippen molar-refractivity contribution in [3.8, 4) is 0 Å². The predicted octanol–water partition coefficient (Wildman–Crippen LogP) is 1.92. The molecule has 0 saturated heterocycles. The summed E-state index contributed by atoms with van der Waals surface area (Å²) in [7, 11) is 1.50. The van der Waals surface area contributed by atoms with Crippen LogP contribution in [-0.4, -0.2) is 13.1 Å². The van der Waals surface area contributed by atoms with Gasteiger partial charge in [0.05, 0.1) is 13.0 Å². The molecule has 76 valence electrons. The Bertz CT molecular complexity index is 465. The van der Waals surface area contributed by atoms with Crippen molar-refractivity contribution in [3.63, 3.8) is 0 Å². The average Bonchev–Trinajstić information content (AvgIpc) is 2.79. The standard InChI is InChI=1S/C13H12O2/c1-15-13(14)12-9-7-5-3-2-4-6(7)8-10(9)11(8)12/h2-5,8-12H,1H3/t8-,9+,10+,11-,12-/m0/s1. The van der Waals surface area contributed by atoms with Crippen LogP contribution in [0.4, 0.5) is 0 Å². The smallest absolute Gasteiger partial charge is 0.309 e. The SMILES string of the molecule is COC(=O)[C@H]1[C@@H]2c3ccccc3[C@H]3[C@H]2[C@@H]13. The number of methoxy groups -OCH3 is 1. The molecule has 0 amide bonds. The highest BCUT2D eigenvalue weighted by atomic mass is 16.5. The summed E-state index contributed by atoms with van der Waals surface area (Å²) in [6, 6.07) is 8.58. The molecule has 0 bridgehead atoms. The number of rotatable bonds is 1. The summed E-state index contributed by atoms with van der Waals surface area (Å²) in [5.41, 5.74) is 2.91. The normalized spacial score (nSPS) is 42.6. The van der Waals surface area contributed by atoms with Gasteiger partial charge in [0.15, 0.2) is 0 Å². The van der Waals surface area contributed by atoms with Gasteiger partial charge in [0, 0.05) is 5.92 Å². The first-order chi connectivity index (χ1) is 7.34. The number of hydrogen-bond donors (Lipinski definition) is 0. The molecule has 1 aromatic carbocycles. The van der Waals surface area contributed by atoms with Crippen LogP contribution in [-0.2, 0) is 9.53 Å². The molecule has 15 heavy (non-hydrogen) atoms. The Balaban J connectivity index is 1.79. The summed E-state index contributed by atoms with van der Waals surface area (Å²) in [6.45, 7) is 0. The van der Waals surface area contributed by atoms with Gasteiger partial charge in [0.1, 0.15) is 0 Å². The van der Waals surface area contributed by atoms with Gasteiger partial charge < -0.3 is 4.74 Å². The maximum atomic E-state index is 11.6. The first-order valence-electron chi connectivity index (χ1n) is 5.51. The van der Waals surface area contributed by atoms with Crippen molar-refractivity contribution in [1.82, 2.24) is 0 Å². The monoisotopic (exact) mass is 200 g/mol. The summed E-state index contributed by atoms with van der Waals surface area (Å²) in [5.74, 6) is 2.70. The Kier molecular flexibility index (Phi) is 1.19. The Labute approximate surface area is 88.2 Å². The molecule has 1 aromatic rings. The number of esters is 1. The van der Waals surface area contributed by atoms with Crippen LogP contribution in [0.15, 0.2) is 24.3 Å². The fourth-order valence-corrected chi connectivity index (χ4v) is 3.99. The van der Waals surface area contributed by atoms with E-state index in [2.05, 4.69) is 24.3 Å². The molecule has 0 unspecified atom stereocenters. The second-order valence-corrected chi connectivity index (χ2v) is 4.88. The lowest BCUT2D eigenvalue weighted by atomic mass is 9.68. The second kappa shape index (κ2) is 2.26. The maximum absolute atomic E-state index is 11.6. The van der Waals surface area contributed by atoms with E-state index in [0.29, 0.717) is 17.8 Å². The molecule has 5 atom stereocenters. The summed E-state index contributed by atoms with van der Waals surface area (Å²) in [5, 5.41) is 0. The number of carbonyl (C=O) groups is 1. The molecule has 0 aliphatic heterocycles. The number of hydrogen-bond acceptors (Lipinski definition) is 2.